The average molecular weight is 138 g/mol. The van der Waals surface area contributed by atoms with Gasteiger partial charge in [-0.05, 0) is 17.9 Å². The van der Waals surface area contributed by atoms with E-state index in [-0.39, 0.29) is 11.3 Å². The number of carbonyl (C=O) groups is 1. The fourth-order valence-electron chi connectivity index (χ4n) is 1.33. The smallest absolute Gasteiger partial charge is 0.159 e. The van der Waals surface area contributed by atoms with E-state index < -0.39 is 0 Å². The van der Waals surface area contributed by atoms with Gasteiger partial charge in [-0.1, -0.05) is 26.8 Å². The minimum absolute atomic E-state index is 0.139. The van der Waals surface area contributed by atoms with E-state index in [1.54, 1.807) is 6.08 Å². The molecule has 0 saturated carbocycles. The Morgan fingerprint density at radius 2 is 2.10 bits per heavy atom. The van der Waals surface area contributed by atoms with Crippen LogP contribution < -0.4 is 0 Å². The Bertz CT molecular complexity index is 172. The molecule has 1 aliphatic rings. The van der Waals surface area contributed by atoms with Gasteiger partial charge in [0.05, 0.1) is 0 Å². The summed E-state index contributed by atoms with van der Waals surface area (Å²) in [5, 5.41) is 0. The van der Waals surface area contributed by atoms with Crippen molar-refractivity contribution in [2.45, 2.75) is 27.2 Å². The summed E-state index contributed by atoms with van der Waals surface area (Å²) >= 11 is 0. The first-order chi connectivity index (χ1) is 4.52. The van der Waals surface area contributed by atoms with E-state index in [9.17, 15) is 4.79 Å². The summed E-state index contributed by atoms with van der Waals surface area (Å²) < 4.78 is 0. The largest absolute Gasteiger partial charge is 0.295 e. The molecule has 56 valence electrons. The highest BCUT2D eigenvalue weighted by Gasteiger charge is 2.31. The van der Waals surface area contributed by atoms with E-state index in [0.717, 1.165) is 6.42 Å². The molecule has 0 amide bonds. The Morgan fingerprint density at radius 1 is 1.50 bits per heavy atom. The molecule has 10 heavy (non-hydrogen) atoms. The standard InChI is InChI=1S/C9H14O/c1-9(2,3)7-5-4-6-8(7)10/h4,6-7H,5H2,1-3H3. The van der Waals surface area contributed by atoms with Crippen LogP contribution in [0.1, 0.15) is 27.2 Å². The van der Waals surface area contributed by atoms with Gasteiger partial charge in [-0.2, -0.15) is 0 Å². The molecule has 0 aromatic carbocycles. The second kappa shape index (κ2) is 2.22. The number of hydrogen-bond acceptors (Lipinski definition) is 1. The molecule has 1 nitrogen and oxygen atoms in total. The van der Waals surface area contributed by atoms with E-state index in [4.69, 9.17) is 0 Å². The van der Waals surface area contributed by atoms with Gasteiger partial charge in [0.1, 0.15) is 0 Å². The van der Waals surface area contributed by atoms with Crippen molar-refractivity contribution in [3.63, 3.8) is 0 Å². The van der Waals surface area contributed by atoms with Gasteiger partial charge in [0.2, 0.25) is 0 Å². The average Bonchev–Trinajstić information content (AvgIpc) is 2.11. The molecule has 1 heteroatoms. The Hall–Kier alpha value is -0.590. The van der Waals surface area contributed by atoms with Gasteiger partial charge in [0.25, 0.3) is 0 Å². The van der Waals surface area contributed by atoms with Crippen molar-refractivity contribution in [3.05, 3.63) is 12.2 Å². The molecule has 0 fully saturated rings. The van der Waals surface area contributed by atoms with Gasteiger partial charge in [-0.15, -0.1) is 0 Å². The third kappa shape index (κ3) is 1.28. The molecule has 0 aliphatic heterocycles. The van der Waals surface area contributed by atoms with Crippen molar-refractivity contribution >= 4 is 5.78 Å². The van der Waals surface area contributed by atoms with Gasteiger partial charge < -0.3 is 0 Å². The Balaban J connectivity index is 2.69. The molecule has 0 saturated heterocycles. The van der Waals surface area contributed by atoms with Crippen LogP contribution in [0.25, 0.3) is 0 Å². The molecule has 0 bridgehead atoms. The van der Waals surface area contributed by atoms with Crippen molar-refractivity contribution in [3.8, 4) is 0 Å². The fraction of sp³-hybridized carbons (Fsp3) is 0.667. The first-order valence-electron chi connectivity index (χ1n) is 3.72. The number of rotatable bonds is 0. The van der Waals surface area contributed by atoms with E-state index in [0.29, 0.717) is 5.78 Å². The minimum atomic E-state index is 0.139. The lowest BCUT2D eigenvalue weighted by molar-refractivity contribution is -0.120. The predicted octanol–water partition coefficient (Wildman–Crippen LogP) is 2.18. The number of hydrogen-bond donors (Lipinski definition) is 0. The van der Waals surface area contributed by atoms with Crippen LogP contribution in [0, 0.1) is 11.3 Å². The second-order valence-corrected chi connectivity index (χ2v) is 3.96. The summed E-state index contributed by atoms with van der Waals surface area (Å²) in [4.78, 5) is 11.1. The van der Waals surface area contributed by atoms with Gasteiger partial charge in [0.15, 0.2) is 5.78 Å². The maximum absolute atomic E-state index is 11.1. The summed E-state index contributed by atoms with van der Waals surface area (Å²) in [5.41, 5.74) is 0.139. The summed E-state index contributed by atoms with van der Waals surface area (Å²) in [6.07, 6.45) is 4.61. The third-order valence-corrected chi connectivity index (χ3v) is 2.04. The first kappa shape index (κ1) is 7.52. The summed E-state index contributed by atoms with van der Waals surface area (Å²) in [5.74, 6) is 0.528. The van der Waals surface area contributed by atoms with Crippen LogP contribution in [0.2, 0.25) is 0 Å². The van der Waals surface area contributed by atoms with Crippen molar-refractivity contribution in [1.29, 1.82) is 0 Å². The van der Waals surface area contributed by atoms with E-state index in [1.807, 2.05) is 6.08 Å². The number of carbonyl (C=O) groups excluding carboxylic acids is 1. The second-order valence-electron chi connectivity index (χ2n) is 3.96. The zero-order chi connectivity index (χ0) is 7.78. The number of allylic oxidation sites excluding steroid dienone is 2. The highest BCUT2D eigenvalue weighted by molar-refractivity contribution is 5.94. The molecule has 0 N–H and O–H groups in total. The fourth-order valence-corrected chi connectivity index (χ4v) is 1.33. The van der Waals surface area contributed by atoms with Crippen molar-refractivity contribution in [2.75, 3.05) is 0 Å². The molecule has 1 aliphatic carbocycles. The van der Waals surface area contributed by atoms with Crippen molar-refractivity contribution < 1.29 is 4.79 Å². The molecular formula is C9H14O. The Kier molecular flexibility index (Phi) is 1.67. The Labute approximate surface area is 62.1 Å². The summed E-state index contributed by atoms with van der Waals surface area (Å²) in [7, 11) is 0. The lowest BCUT2D eigenvalue weighted by atomic mass is 9.79. The molecule has 0 aromatic rings. The molecule has 0 radical (unpaired) electrons. The molecule has 1 rings (SSSR count). The van der Waals surface area contributed by atoms with Crippen LogP contribution >= 0.6 is 0 Å². The predicted molar refractivity (Wildman–Crippen MR) is 41.7 cm³/mol. The number of ketones is 1. The maximum Gasteiger partial charge on any atom is 0.159 e. The van der Waals surface area contributed by atoms with Crippen LogP contribution in [0.4, 0.5) is 0 Å². The summed E-state index contributed by atoms with van der Waals surface area (Å²) in [6, 6.07) is 0. The zero-order valence-electron chi connectivity index (χ0n) is 6.85. The van der Waals surface area contributed by atoms with Crippen molar-refractivity contribution in [2.24, 2.45) is 11.3 Å². The van der Waals surface area contributed by atoms with Crippen LogP contribution in [0.15, 0.2) is 12.2 Å². The third-order valence-electron chi connectivity index (χ3n) is 2.04. The highest BCUT2D eigenvalue weighted by Crippen LogP contribution is 2.32. The quantitative estimate of drug-likeness (QED) is 0.501. The highest BCUT2D eigenvalue weighted by atomic mass is 16.1. The lowest BCUT2D eigenvalue weighted by Crippen LogP contribution is -2.23. The lowest BCUT2D eigenvalue weighted by Gasteiger charge is -2.24. The monoisotopic (exact) mass is 138 g/mol. The van der Waals surface area contributed by atoms with Gasteiger partial charge in [0, 0.05) is 5.92 Å². The van der Waals surface area contributed by atoms with Crippen LogP contribution in [-0.4, -0.2) is 5.78 Å². The van der Waals surface area contributed by atoms with Crippen molar-refractivity contribution in [1.82, 2.24) is 0 Å². The molecule has 0 spiro atoms. The molecule has 0 aromatic heterocycles. The molecular weight excluding hydrogens is 124 g/mol. The van der Waals surface area contributed by atoms with Crippen LogP contribution in [0.5, 0.6) is 0 Å². The van der Waals surface area contributed by atoms with Crippen LogP contribution in [-0.2, 0) is 4.79 Å². The molecule has 0 heterocycles. The topological polar surface area (TPSA) is 17.1 Å². The zero-order valence-corrected chi connectivity index (χ0v) is 6.85. The molecule has 1 unspecified atom stereocenters. The van der Waals surface area contributed by atoms with Crippen LogP contribution in [0.3, 0.4) is 0 Å². The SMILES string of the molecule is CC(C)(C)C1CC=CC1=O. The van der Waals surface area contributed by atoms with E-state index in [1.165, 1.54) is 0 Å². The molecule has 1 atom stereocenters. The Morgan fingerprint density at radius 3 is 2.30 bits per heavy atom. The first-order valence-corrected chi connectivity index (χ1v) is 3.72. The van der Waals surface area contributed by atoms with Gasteiger partial charge >= 0.3 is 0 Å². The van der Waals surface area contributed by atoms with Gasteiger partial charge in [-0.25, -0.2) is 0 Å². The van der Waals surface area contributed by atoms with Gasteiger partial charge in [-0.3, -0.25) is 4.79 Å². The summed E-state index contributed by atoms with van der Waals surface area (Å²) in [6.45, 7) is 6.34. The minimum Gasteiger partial charge on any atom is -0.295 e. The van der Waals surface area contributed by atoms with E-state index >= 15 is 0 Å². The van der Waals surface area contributed by atoms with E-state index in [2.05, 4.69) is 20.8 Å². The normalized spacial score (nSPS) is 25.9. The maximum atomic E-state index is 11.1.